The number of hydrogen-bond donors (Lipinski definition) is 2. The number of carbonyl (C=O) groups excluding carboxylic acids is 1. The van der Waals surface area contributed by atoms with Gasteiger partial charge in [-0.3, -0.25) is 9.78 Å². The standard InChI is InChI=1S/C16H20N4O2S/c21-16(13-10-22-9-8-18-13)19-5-1-2-15-20-14(11-23-15)12-3-6-17-7-4-12/h3-4,6-7,11,13,18H,1-2,5,8-10H2,(H,19,21)/t13-/m0/s1. The Bertz CT molecular complexity index is 626. The molecule has 122 valence electrons. The molecular weight excluding hydrogens is 312 g/mol. The van der Waals surface area contributed by atoms with Crippen LogP contribution < -0.4 is 10.6 Å². The van der Waals surface area contributed by atoms with Crippen LogP contribution in [0.5, 0.6) is 0 Å². The van der Waals surface area contributed by atoms with Gasteiger partial charge in [-0.1, -0.05) is 0 Å². The Morgan fingerprint density at radius 2 is 2.30 bits per heavy atom. The lowest BCUT2D eigenvalue weighted by Crippen LogP contribution is -2.51. The van der Waals surface area contributed by atoms with Gasteiger partial charge in [-0.2, -0.15) is 0 Å². The summed E-state index contributed by atoms with van der Waals surface area (Å²) in [5.74, 6) is 0.0151. The Balaban J connectivity index is 1.41. The Kier molecular flexibility index (Phi) is 5.68. The molecule has 0 radical (unpaired) electrons. The van der Waals surface area contributed by atoms with E-state index in [4.69, 9.17) is 4.74 Å². The predicted molar refractivity (Wildman–Crippen MR) is 89.3 cm³/mol. The van der Waals surface area contributed by atoms with Crippen LogP contribution in [0, 0.1) is 0 Å². The highest BCUT2D eigenvalue weighted by Crippen LogP contribution is 2.21. The van der Waals surface area contributed by atoms with Crippen molar-refractivity contribution in [3.8, 4) is 11.3 Å². The third-order valence-corrected chi connectivity index (χ3v) is 4.54. The fraction of sp³-hybridized carbons (Fsp3) is 0.438. The van der Waals surface area contributed by atoms with E-state index in [-0.39, 0.29) is 11.9 Å². The number of carbonyl (C=O) groups is 1. The first-order valence-electron chi connectivity index (χ1n) is 7.76. The number of pyridine rings is 1. The SMILES string of the molecule is O=C(NCCCc1nc(-c2ccncc2)cs1)[C@@H]1COCCN1. The van der Waals surface area contributed by atoms with Crippen molar-refractivity contribution in [3.05, 3.63) is 34.9 Å². The van der Waals surface area contributed by atoms with E-state index in [0.29, 0.717) is 19.8 Å². The average Bonchev–Trinajstić information content (AvgIpc) is 3.09. The fourth-order valence-electron chi connectivity index (χ4n) is 2.39. The van der Waals surface area contributed by atoms with Crippen LogP contribution in [0.25, 0.3) is 11.3 Å². The van der Waals surface area contributed by atoms with Crippen molar-refractivity contribution in [2.45, 2.75) is 18.9 Å². The van der Waals surface area contributed by atoms with Gasteiger partial charge < -0.3 is 15.4 Å². The third-order valence-electron chi connectivity index (χ3n) is 3.63. The number of amides is 1. The third kappa shape index (κ3) is 4.57. The normalized spacial score (nSPS) is 17.8. The van der Waals surface area contributed by atoms with Gasteiger partial charge in [0.2, 0.25) is 5.91 Å². The monoisotopic (exact) mass is 332 g/mol. The van der Waals surface area contributed by atoms with Crippen molar-refractivity contribution in [2.24, 2.45) is 0 Å². The molecule has 1 saturated heterocycles. The molecule has 1 aliphatic heterocycles. The van der Waals surface area contributed by atoms with Crippen LogP contribution >= 0.6 is 11.3 Å². The second-order valence-electron chi connectivity index (χ2n) is 5.34. The van der Waals surface area contributed by atoms with Gasteiger partial charge in [0, 0.05) is 42.8 Å². The number of rotatable bonds is 6. The minimum atomic E-state index is -0.220. The van der Waals surface area contributed by atoms with E-state index in [1.54, 1.807) is 23.7 Å². The molecule has 0 spiro atoms. The molecule has 0 saturated carbocycles. The first-order valence-corrected chi connectivity index (χ1v) is 8.64. The molecule has 0 bridgehead atoms. The van der Waals surface area contributed by atoms with E-state index in [9.17, 15) is 4.79 Å². The van der Waals surface area contributed by atoms with Crippen molar-refractivity contribution in [1.82, 2.24) is 20.6 Å². The molecule has 3 rings (SSSR count). The summed E-state index contributed by atoms with van der Waals surface area (Å²) in [5, 5.41) is 9.24. The molecule has 6 nitrogen and oxygen atoms in total. The molecule has 3 heterocycles. The van der Waals surface area contributed by atoms with Crippen LogP contribution in [-0.2, 0) is 16.0 Å². The summed E-state index contributed by atoms with van der Waals surface area (Å²) < 4.78 is 5.29. The highest BCUT2D eigenvalue weighted by Gasteiger charge is 2.20. The van der Waals surface area contributed by atoms with Gasteiger partial charge in [0.05, 0.1) is 23.9 Å². The van der Waals surface area contributed by atoms with Crippen LogP contribution in [0.4, 0.5) is 0 Å². The lowest BCUT2D eigenvalue weighted by atomic mass is 10.2. The second-order valence-corrected chi connectivity index (χ2v) is 6.28. The van der Waals surface area contributed by atoms with Crippen LogP contribution in [0.1, 0.15) is 11.4 Å². The van der Waals surface area contributed by atoms with Gasteiger partial charge >= 0.3 is 0 Å². The summed E-state index contributed by atoms with van der Waals surface area (Å²) in [6.45, 7) is 2.51. The van der Waals surface area contributed by atoms with Gasteiger partial charge in [0.25, 0.3) is 0 Å². The fourth-order valence-corrected chi connectivity index (χ4v) is 3.24. The van der Waals surface area contributed by atoms with Gasteiger partial charge in [-0.25, -0.2) is 4.98 Å². The largest absolute Gasteiger partial charge is 0.378 e. The van der Waals surface area contributed by atoms with E-state index in [1.165, 1.54) is 0 Å². The zero-order chi connectivity index (χ0) is 15.9. The maximum atomic E-state index is 11.9. The minimum Gasteiger partial charge on any atom is -0.378 e. The van der Waals surface area contributed by atoms with Crippen LogP contribution in [0.2, 0.25) is 0 Å². The summed E-state index contributed by atoms with van der Waals surface area (Å²) >= 11 is 1.65. The number of thiazole rings is 1. The zero-order valence-electron chi connectivity index (χ0n) is 12.8. The zero-order valence-corrected chi connectivity index (χ0v) is 13.6. The highest BCUT2D eigenvalue weighted by molar-refractivity contribution is 7.09. The predicted octanol–water partition coefficient (Wildman–Crippen LogP) is 1.24. The molecule has 1 atom stereocenters. The molecule has 1 fully saturated rings. The second kappa shape index (κ2) is 8.14. The maximum absolute atomic E-state index is 11.9. The lowest BCUT2D eigenvalue weighted by Gasteiger charge is -2.22. The van der Waals surface area contributed by atoms with Crippen LogP contribution in [-0.4, -0.2) is 48.2 Å². The van der Waals surface area contributed by atoms with Crippen LogP contribution in [0.3, 0.4) is 0 Å². The molecule has 0 aliphatic carbocycles. The van der Waals surface area contributed by atoms with Gasteiger partial charge in [0.1, 0.15) is 6.04 Å². The summed E-state index contributed by atoms with van der Waals surface area (Å²) in [7, 11) is 0. The molecule has 1 aliphatic rings. The molecule has 0 aromatic carbocycles. The number of ether oxygens (including phenoxy) is 1. The van der Waals surface area contributed by atoms with Crippen molar-refractivity contribution in [3.63, 3.8) is 0 Å². The van der Waals surface area contributed by atoms with E-state index < -0.39 is 0 Å². The van der Waals surface area contributed by atoms with Gasteiger partial charge in [-0.15, -0.1) is 11.3 Å². The first kappa shape index (κ1) is 16.0. The number of aromatic nitrogens is 2. The molecular formula is C16H20N4O2S. The molecule has 0 unspecified atom stereocenters. The summed E-state index contributed by atoms with van der Waals surface area (Å²) in [5.41, 5.74) is 2.07. The van der Waals surface area contributed by atoms with Crippen molar-refractivity contribution in [1.29, 1.82) is 0 Å². The lowest BCUT2D eigenvalue weighted by molar-refractivity contribution is -0.125. The summed E-state index contributed by atoms with van der Waals surface area (Å²) in [4.78, 5) is 20.6. The smallest absolute Gasteiger partial charge is 0.239 e. The van der Waals surface area contributed by atoms with E-state index in [2.05, 4.69) is 26.0 Å². The molecule has 2 aromatic heterocycles. The Morgan fingerprint density at radius 3 is 3.09 bits per heavy atom. The topological polar surface area (TPSA) is 76.1 Å². The summed E-state index contributed by atoms with van der Waals surface area (Å²) in [6, 6.07) is 3.69. The van der Waals surface area contributed by atoms with Crippen molar-refractivity contribution in [2.75, 3.05) is 26.3 Å². The van der Waals surface area contributed by atoms with Gasteiger partial charge in [-0.05, 0) is 18.6 Å². The molecule has 23 heavy (non-hydrogen) atoms. The quantitative estimate of drug-likeness (QED) is 0.779. The number of nitrogens with zero attached hydrogens (tertiary/aromatic N) is 2. The Labute approximate surface area is 139 Å². The molecule has 7 heteroatoms. The van der Waals surface area contributed by atoms with Crippen molar-refractivity contribution >= 4 is 17.2 Å². The Hall–Kier alpha value is -1.83. The van der Waals surface area contributed by atoms with Crippen LogP contribution in [0.15, 0.2) is 29.9 Å². The number of nitrogens with one attached hydrogen (secondary N) is 2. The molecule has 1 amide bonds. The minimum absolute atomic E-state index is 0.0151. The summed E-state index contributed by atoms with van der Waals surface area (Å²) in [6.07, 6.45) is 5.28. The molecule has 2 N–H and O–H groups in total. The first-order chi connectivity index (χ1) is 11.3. The maximum Gasteiger partial charge on any atom is 0.239 e. The van der Waals surface area contributed by atoms with E-state index in [0.717, 1.165) is 35.7 Å². The Morgan fingerprint density at radius 1 is 1.43 bits per heavy atom. The highest BCUT2D eigenvalue weighted by atomic mass is 32.1. The van der Waals surface area contributed by atoms with E-state index >= 15 is 0 Å². The number of aryl methyl sites for hydroxylation is 1. The van der Waals surface area contributed by atoms with E-state index in [1.807, 2.05) is 12.1 Å². The number of morpholine rings is 1. The molecule has 2 aromatic rings. The average molecular weight is 332 g/mol. The van der Waals surface area contributed by atoms with Crippen molar-refractivity contribution < 1.29 is 9.53 Å². The number of hydrogen-bond acceptors (Lipinski definition) is 6. The van der Waals surface area contributed by atoms with Gasteiger partial charge in [0.15, 0.2) is 0 Å².